The maximum Gasteiger partial charge on any atom is 0.337 e. The van der Waals surface area contributed by atoms with Gasteiger partial charge in [0.2, 0.25) is 0 Å². The number of hydrogen-bond donors (Lipinski definition) is 0. The summed E-state index contributed by atoms with van der Waals surface area (Å²) in [6.45, 7) is 5.04. The predicted molar refractivity (Wildman–Crippen MR) is 70.7 cm³/mol. The van der Waals surface area contributed by atoms with Crippen molar-refractivity contribution in [2.45, 2.75) is 12.7 Å². The number of carbonyl (C=O) groups excluding carboxylic acids is 1. The Bertz CT molecular complexity index is 430. The molecule has 1 fully saturated rings. The lowest BCUT2D eigenvalue weighted by molar-refractivity contribution is -0.204. The van der Waals surface area contributed by atoms with Crippen LogP contribution in [0.5, 0.6) is 0 Å². The Morgan fingerprint density at radius 2 is 2.00 bits per heavy atom. The summed E-state index contributed by atoms with van der Waals surface area (Å²) in [5, 5.41) is 0. The summed E-state index contributed by atoms with van der Waals surface area (Å²) in [7, 11) is 1.36. The minimum absolute atomic E-state index is 0.344. The second-order valence-electron chi connectivity index (χ2n) is 4.50. The van der Waals surface area contributed by atoms with Crippen molar-refractivity contribution < 1.29 is 19.0 Å². The Hall–Kier alpha value is -1.65. The summed E-state index contributed by atoms with van der Waals surface area (Å²) in [4.78, 5) is 11.3. The van der Waals surface area contributed by atoms with Gasteiger partial charge in [-0.25, -0.2) is 4.79 Å². The first kappa shape index (κ1) is 13.8. The van der Waals surface area contributed by atoms with Crippen LogP contribution in [-0.4, -0.2) is 26.3 Å². The third-order valence-corrected chi connectivity index (χ3v) is 3.07. The zero-order valence-electron chi connectivity index (χ0n) is 11.0. The van der Waals surface area contributed by atoms with Gasteiger partial charge in [0.05, 0.1) is 25.9 Å². The first-order valence-electron chi connectivity index (χ1n) is 6.27. The van der Waals surface area contributed by atoms with Crippen LogP contribution in [0.1, 0.15) is 28.6 Å². The van der Waals surface area contributed by atoms with Gasteiger partial charge in [-0.3, -0.25) is 0 Å². The third-order valence-electron chi connectivity index (χ3n) is 3.07. The number of carbonyl (C=O) groups is 1. The molecule has 0 N–H and O–H groups in total. The van der Waals surface area contributed by atoms with Gasteiger partial charge in [-0.15, -0.1) is 6.58 Å². The monoisotopic (exact) mass is 262 g/mol. The van der Waals surface area contributed by atoms with E-state index in [9.17, 15) is 4.79 Å². The van der Waals surface area contributed by atoms with Crippen molar-refractivity contribution in [3.8, 4) is 0 Å². The standard InChI is InChI=1S/C15H18O4/c1-3-4-11-9-18-15(19-10-11)13-7-5-12(6-8-13)14(16)17-2/h3,5-8,11,15H,1,4,9-10H2,2H3/t11-,15-. The van der Waals surface area contributed by atoms with Gasteiger partial charge in [0.25, 0.3) is 0 Å². The van der Waals surface area contributed by atoms with Gasteiger partial charge in [-0.2, -0.15) is 0 Å². The molecule has 1 aromatic rings. The van der Waals surface area contributed by atoms with Gasteiger partial charge in [0, 0.05) is 11.5 Å². The lowest BCUT2D eigenvalue weighted by Gasteiger charge is -2.29. The Kier molecular flexibility index (Phi) is 4.71. The summed E-state index contributed by atoms with van der Waals surface area (Å²) in [5.74, 6) is 0.0335. The van der Waals surface area contributed by atoms with Gasteiger partial charge in [0.15, 0.2) is 6.29 Å². The number of esters is 1. The van der Waals surface area contributed by atoms with Crippen LogP contribution in [0.15, 0.2) is 36.9 Å². The van der Waals surface area contributed by atoms with Gasteiger partial charge in [-0.05, 0) is 18.6 Å². The summed E-state index contributed by atoms with van der Waals surface area (Å²) >= 11 is 0. The highest BCUT2D eigenvalue weighted by atomic mass is 16.7. The third kappa shape index (κ3) is 3.43. The summed E-state index contributed by atoms with van der Waals surface area (Å²) in [6, 6.07) is 7.07. The zero-order valence-corrected chi connectivity index (χ0v) is 11.0. The average Bonchev–Trinajstić information content (AvgIpc) is 2.48. The molecule has 102 valence electrons. The maximum atomic E-state index is 11.3. The van der Waals surface area contributed by atoms with Crippen LogP contribution in [0.3, 0.4) is 0 Å². The number of benzene rings is 1. The van der Waals surface area contributed by atoms with Crippen molar-refractivity contribution in [1.29, 1.82) is 0 Å². The summed E-state index contributed by atoms with van der Waals surface area (Å²) in [5.41, 5.74) is 1.43. The van der Waals surface area contributed by atoms with E-state index in [2.05, 4.69) is 11.3 Å². The summed E-state index contributed by atoms with van der Waals surface area (Å²) in [6.07, 6.45) is 2.42. The molecule has 4 nitrogen and oxygen atoms in total. The van der Waals surface area contributed by atoms with E-state index in [0.29, 0.717) is 24.7 Å². The van der Waals surface area contributed by atoms with E-state index in [4.69, 9.17) is 9.47 Å². The van der Waals surface area contributed by atoms with Crippen molar-refractivity contribution in [1.82, 2.24) is 0 Å². The van der Waals surface area contributed by atoms with E-state index in [0.717, 1.165) is 12.0 Å². The van der Waals surface area contributed by atoms with Gasteiger partial charge < -0.3 is 14.2 Å². The van der Waals surface area contributed by atoms with E-state index < -0.39 is 0 Å². The Morgan fingerprint density at radius 3 is 2.53 bits per heavy atom. The molecule has 2 rings (SSSR count). The molecule has 0 aromatic heterocycles. The molecule has 0 unspecified atom stereocenters. The number of rotatable bonds is 4. The predicted octanol–water partition coefficient (Wildman–Crippen LogP) is 2.71. The lowest BCUT2D eigenvalue weighted by Crippen LogP contribution is -2.26. The molecule has 19 heavy (non-hydrogen) atoms. The maximum absolute atomic E-state index is 11.3. The molecule has 0 saturated carbocycles. The molecule has 1 aliphatic heterocycles. The largest absolute Gasteiger partial charge is 0.465 e. The zero-order chi connectivity index (χ0) is 13.7. The fourth-order valence-electron chi connectivity index (χ4n) is 2.00. The number of methoxy groups -OCH3 is 1. The molecule has 1 aliphatic rings. The molecule has 1 saturated heterocycles. The van der Waals surface area contributed by atoms with Crippen LogP contribution < -0.4 is 0 Å². The van der Waals surface area contributed by atoms with E-state index in [-0.39, 0.29) is 12.3 Å². The summed E-state index contributed by atoms with van der Waals surface area (Å²) < 4.78 is 16.0. The highest BCUT2D eigenvalue weighted by Gasteiger charge is 2.22. The van der Waals surface area contributed by atoms with Crippen molar-refractivity contribution >= 4 is 5.97 Å². The minimum atomic E-state index is -0.354. The molecule has 0 atom stereocenters. The molecule has 0 aliphatic carbocycles. The van der Waals surface area contributed by atoms with Crippen molar-refractivity contribution in [2.75, 3.05) is 20.3 Å². The smallest absolute Gasteiger partial charge is 0.337 e. The Morgan fingerprint density at radius 1 is 1.37 bits per heavy atom. The lowest BCUT2D eigenvalue weighted by atomic mass is 10.1. The first-order valence-corrected chi connectivity index (χ1v) is 6.27. The fourth-order valence-corrected chi connectivity index (χ4v) is 2.00. The molecule has 0 bridgehead atoms. The van der Waals surface area contributed by atoms with Crippen LogP contribution in [0.4, 0.5) is 0 Å². The number of hydrogen-bond acceptors (Lipinski definition) is 4. The molecule has 0 amide bonds. The molecule has 1 heterocycles. The molecule has 4 heteroatoms. The molecule has 0 radical (unpaired) electrons. The average molecular weight is 262 g/mol. The van der Waals surface area contributed by atoms with Crippen LogP contribution in [0.25, 0.3) is 0 Å². The molecular weight excluding hydrogens is 244 g/mol. The quantitative estimate of drug-likeness (QED) is 0.618. The molecular formula is C15H18O4. The molecule has 1 aromatic carbocycles. The topological polar surface area (TPSA) is 44.8 Å². The van der Waals surface area contributed by atoms with Gasteiger partial charge >= 0.3 is 5.97 Å². The van der Waals surface area contributed by atoms with E-state index >= 15 is 0 Å². The first-order chi connectivity index (χ1) is 9.24. The van der Waals surface area contributed by atoms with Crippen LogP contribution in [0, 0.1) is 5.92 Å². The number of allylic oxidation sites excluding steroid dienone is 1. The Labute approximate surface area is 113 Å². The van der Waals surface area contributed by atoms with Crippen molar-refractivity contribution in [2.24, 2.45) is 5.92 Å². The Balaban J connectivity index is 1.96. The van der Waals surface area contributed by atoms with Crippen LogP contribution >= 0.6 is 0 Å². The second-order valence-corrected chi connectivity index (χ2v) is 4.50. The van der Waals surface area contributed by atoms with Crippen LogP contribution in [-0.2, 0) is 14.2 Å². The van der Waals surface area contributed by atoms with Gasteiger partial charge in [0.1, 0.15) is 0 Å². The van der Waals surface area contributed by atoms with E-state index in [1.165, 1.54) is 7.11 Å². The normalized spacial score (nSPS) is 22.8. The van der Waals surface area contributed by atoms with E-state index in [1.807, 2.05) is 18.2 Å². The van der Waals surface area contributed by atoms with Crippen LogP contribution in [0.2, 0.25) is 0 Å². The second kappa shape index (κ2) is 6.50. The van der Waals surface area contributed by atoms with E-state index in [1.54, 1.807) is 12.1 Å². The molecule has 0 spiro atoms. The number of ether oxygens (including phenoxy) is 3. The highest BCUT2D eigenvalue weighted by molar-refractivity contribution is 5.89. The van der Waals surface area contributed by atoms with Crippen molar-refractivity contribution in [3.63, 3.8) is 0 Å². The highest BCUT2D eigenvalue weighted by Crippen LogP contribution is 2.26. The van der Waals surface area contributed by atoms with Crippen molar-refractivity contribution in [3.05, 3.63) is 48.0 Å². The minimum Gasteiger partial charge on any atom is -0.465 e. The fraction of sp³-hybridized carbons (Fsp3) is 0.400. The SMILES string of the molecule is C=CC[C@H]1CO[C@H](c2ccc(C(=O)OC)cc2)OC1. The van der Waals surface area contributed by atoms with Gasteiger partial charge in [-0.1, -0.05) is 18.2 Å².